The highest BCUT2D eigenvalue weighted by atomic mass is 16.5. The number of hydrogen-bond donors (Lipinski definition) is 1. The Bertz CT molecular complexity index is 1150. The third-order valence-electron chi connectivity index (χ3n) is 4.68. The molecule has 0 unspecified atom stereocenters. The number of hydrogen-bond acceptors (Lipinski definition) is 7. The smallest absolute Gasteiger partial charge is 0.266 e. The Hall–Kier alpha value is -4.01. The molecule has 0 atom stereocenters. The molecule has 33 heavy (non-hydrogen) atoms. The molecule has 1 aromatic heterocycles. The molecule has 174 valence electrons. The van der Waals surface area contributed by atoms with E-state index in [1.807, 2.05) is 13.0 Å². The van der Waals surface area contributed by atoms with Crippen LogP contribution in [-0.2, 0) is 11.3 Å². The number of carbonyl (C=O) groups excluding carboxylic acids is 1. The molecule has 0 saturated carbocycles. The third kappa shape index (κ3) is 6.49. The molecule has 0 spiro atoms. The number of nitrogens with zero attached hydrogens (tertiary/aromatic N) is 2. The topological polar surface area (TPSA) is 101 Å². The summed E-state index contributed by atoms with van der Waals surface area (Å²) < 4.78 is 22.9. The van der Waals surface area contributed by atoms with Gasteiger partial charge in [0.1, 0.15) is 23.0 Å². The molecule has 9 nitrogen and oxygen atoms in total. The molecular weight excluding hydrogens is 426 g/mol. The standard InChI is InChI=1S/C24H27N3O6/c1-4-32-18-6-5-7-19(14-18)33-16-23(28)25-12-13-27-24(29)11-9-21(26-27)20-15-17(30-2)8-10-22(20)31-3/h5-11,14-15H,4,12-13,16H2,1-3H3,(H,25,28). The summed E-state index contributed by atoms with van der Waals surface area (Å²) in [5.74, 6) is 2.15. The minimum absolute atomic E-state index is 0.154. The fourth-order valence-electron chi connectivity index (χ4n) is 3.09. The molecule has 0 bridgehead atoms. The van der Waals surface area contributed by atoms with E-state index in [1.54, 1.807) is 56.7 Å². The Balaban J connectivity index is 1.59. The summed E-state index contributed by atoms with van der Waals surface area (Å²) in [4.78, 5) is 24.4. The van der Waals surface area contributed by atoms with Gasteiger partial charge in [0.05, 0.1) is 33.1 Å². The lowest BCUT2D eigenvalue weighted by molar-refractivity contribution is -0.123. The van der Waals surface area contributed by atoms with Gasteiger partial charge < -0.3 is 24.3 Å². The summed E-state index contributed by atoms with van der Waals surface area (Å²) in [6.45, 7) is 2.70. The van der Waals surface area contributed by atoms with Gasteiger partial charge in [-0.3, -0.25) is 9.59 Å². The quantitative estimate of drug-likeness (QED) is 0.476. The molecule has 0 radical (unpaired) electrons. The van der Waals surface area contributed by atoms with Gasteiger partial charge in [-0.05, 0) is 43.3 Å². The lowest BCUT2D eigenvalue weighted by atomic mass is 10.1. The number of nitrogens with one attached hydrogen (secondary N) is 1. The molecule has 1 amide bonds. The summed E-state index contributed by atoms with van der Waals surface area (Å²) in [6.07, 6.45) is 0. The average molecular weight is 453 g/mol. The Morgan fingerprint density at radius 3 is 2.48 bits per heavy atom. The first-order valence-corrected chi connectivity index (χ1v) is 10.5. The summed E-state index contributed by atoms with van der Waals surface area (Å²) in [6, 6.07) is 15.5. The van der Waals surface area contributed by atoms with E-state index in [2.05, 4.69) is 10.4 Å². The number of amides is 1. The molecule has 0 aliphatic heterocycles. The monoisotopic (exact) mass is 453 g/mol. The Labute approximate surface area is 191 Å². The zero-order chi connectivity index (χ0) is 23.6. The van der Waals surface area contributed by atoms with Gasteiger partial charge in [-0.25, -0.2) is 4.68 Å². The van der Waals surface area contributed by atoms with E-state index in [-0.39, 0.29) is 31.2 Å². The predicted molar refractivity (Wildman–Crippen MR) is 123 cm³/mol. The van der Waals surface area contributed by atoms with Crippen molar-refractivity contribution in [2.75, 3.05) is 34.0 Å². The van der Waals surface area contributed by atoms with Crippen molar-refractivity contribution in [1.29, 1.82) is 0 Å². The molecule has 0 fully saturated rings. The van der Waals surface area contributed by atoms with Crippen LogP contribution in [0.1, 0.15) is 6.92 Å². The number of ether oxygens (including phenoxy) is 4. The lowest BCUT2D eigenvalue weighted by Crippen LogP contribution is -2.34. The first-order valence-electron chi connectivity index (χ1n) is 10.5. The molecule has 3 rings (SSSR count). The van der Waals surface area contributed by atoms with Crippen LogP contribution in [0.3, 0.4) is 0 Å². The van der Waals surface area contributed by atoms with Crippen LogP contribution in [0.15, 0.2) is 59.4 Å². The maximum Gasteiger partial charge on any atom is 0.266 e. The van der Waals surface area contributed by atoms with Gasteiger partial charge in [0, 0.05) is 24.2 Å². The largest absolute Gasteiger partial charge is 0.497 e. The van der Waals surface area contributed by atoms with Crippen LogP contribution < -0.4 is 29.8 Å². The molecule has 0 aliphatic carbocycles. The van der Waals surface area contributed by atoms with Crippen molar-refractivity contribution in [2.24, 2.45) is 0 Å². The highest BCUT2D eigenvalue weighted by Crippen LogP contribution is 2.31. The molecule has 1 N–H and O–H groups in total. The van der Waals surface area contributed by atoms with Gasteiger partial charge in [-0.15, -0.1) is 0 Å². The van der Waals surface area contributed by atoms with Crippen molar-refractivity contribution < 1.29 is 23.7 Å². The number of aromatic nitrogens is 2. The van der Waals surface area contributed by atoms with Gasteiger partial charge in [0.15, 0.2) is 6.61 Å². The van der Waals surface area contributed by atoms with Crippen molar-refractivity contribution in [1.82, 2.24) is 15.1 Å². The van der Waals surface area contributed by atoms with Crippen LogP contribution >= 0.6 is 0 Å². The van der Waals surface area contributed by atoms with Crippen molar-refractivity contribution in [3.8, 4) is 34.3 Å². The number of benzene rings is 2. The first-order chi connectivity index (χ1) is 16.0. The van der Waals surface area contributed by atoms with E-state index in [1.165, 1.54) is 10.7 Å². The third-order valence-corrected chi connectivity index (χ3v) is 4.68. The molecule has 0 saturated heterocycles. The molecule has 9 heteroatoms. The van der Waals surface area contributed by atoms with E-state index < -0.39 is 0 Å². The van der Waals surface area contributed by atoms with Gasteiger partial charge in [-0.1, -0.05) is 6.07 Å². The van der Waals surface area contributed by atoms with Crippen molar-refractivity contribution in [2.45, 2.75) is 13.5 Å². The second-order valence-electron chi connectivity index (χ2n) is 6.89. The van der Waals surface area contributed by atoms with Crippen LogP contribution in [0.4, 0.5) is 0 Å². The fraction of sp³-hybridized carbons (Fsp3) is 0.292. The van der Waals surface area contributed by atoms with Crippen molar-refractivity contribution >= 4 is 5.91 Å². The second kappa shape index (κ2) is 11.6. The first kappa shape index (κ1) is 23.6. The van der Waals surface area contributed by atoms with E-state index in [4.69, 9.17) is 18.9 Å². The zero-order valence-electron chi connectivity index (χ0n) is 18.9. The van der Waals surface area contributed by atoms with Gasteiger partial charge >= 0.3 is 0 Å². The predicted octanol–water partition coefficient (Wildman–Crippen LogP) is 2.52. The minimum atomic E-state index is -0.310. The molecule has 2 aromatic carbocycles. The van der Waals surface area contributed by atoms with E-state index in [9.17, 15) is 9.59 Å². The summed E-state index contributed by atoms with van der Waals surface area (Å²) >= 11 is 0. The van der Waals surface area contributed by atoms with Gasteiger partial charge in [0.2, 0.25) is 0 Å². The normalized spacial score (nSPS) is 10.4. The SMILES string of the molecule is CCOc1cccc(OCC(=O)NCCn2nc(-c3cc(OC)ccc3OC)ccc2=O)c1. The van der Waals surface area contributed by atoms with E-state index in [0.717, 1.165) is 0 Å². The highest BCUT2D eigenvalue weighted by molar-refractivity contribution is 5.77. The van der Waals surface area contributed by atoms with Crippen LogP contribution in [0, 0.1) is 0 Å². The summed E-state index contributed by atoms with van der Waals surface area (Å²) in [5.41, 5.74) is 0.963. The van der Waals surface area contributed by atoms with Crippen molar-refractivity contribution in [3.63, 3.8) is 0 Å². The molecule has 1 heterocycles. The Kier molecular flexibility index (Phi) is 8.29. The van der Waals surface area contributed by atoms with Crippen LogP contribution in [0.2, 0.25) is 0 Å². The second-order valence-corrected chi connectivity index (χ2v) is 6.89. The summed E-state index contributed by atoms with van der Waals surface area (Å²) in [5, 5.41) is 7.15. The number of methoxy groups -OCH3 is 2. The van der Waals surface area contributed by atoms with Crippen LogP contribution in [0.25, 0.3) is 11.3 Å². The molecule has 0 aliphatic rings. The van der Waals surface area contributed by atoms with Gasteiger partial charge in [-0.2, -0.15) is 5.10 Å². The van der Waals surface area contributed by atoms with E-state index >= 15 is 0 Å². The lowest BCUT2D eigenvalue weighted by Gasteiger charge is -2.12. The molecule has 3 aromatic rings. The number of rotatable bonds is 11. The zero-order valence-corrected chi connectivity index (χ0v) is 18.9. The van der Waals surface area contributed by atoms with Crippen molar-refractivity contribution in [3.05, 3.63) is 65.0 Å². The minimum Gasteiger partial charge on any atom is -0.497 e. The Morgan fingerprint density at radius 1 is 0.970 bits per heavy atom. The Morgan fingerprint density at radius 2 is 1.76 bits per heavy atom. The molecular formula is C24H27N3O6. The van der Waals surface area contributed by atoms with E-state index in [0.29, 0.717) is 40.9 Å². The highest BCUT2D eigenvalue weighted by Gasteiger charge is 2.11. The maximum atomic E-state index is 12.2. The fourth-order valence-corrected chi connectivity index (χ4v) is 3.09. The van der Waals surface area contributed by atoms with Gasteiger partial charge in [0.25, 0.3) is 11.5 Å². The maximum absolute atomic E-state index is 12.2. The average Bonchev–Trinajstić information content (AvgIpc) is 2.84. The summed E-state index contributed by atoms with van der Waals surface area (Å²) in [7, 11) is 3.13. The number of carbonyl (C=O) groups is 1. The van der Waals surface area contributed by atoms with Crippen LogP contribution in [-0.4, -0.2) is 49.7 Å². The van der Waals surface area contributed by atoms with Crippen LogP contribution in [0.5, 0.6) is 23.0 Å².